The second kappa shape index (κ2) is 7.14. The van der Waals surface area contributed by atoms with Gasteiger partial charge in [0, 0.05) is 11.6 Å². The third kappa shape index (κ3) is 3.96. The Morgan fingerprint density at radius 2 is 2.00 bits per heavy atom. The van der Waals surface area contributed by atoms with Crippen molar-refractivity contribution in [2.75, 3.05) is 21.3 Å². The predicted octanol–water partition coefficient (Wildman–Crippen LogP) is 2.64. The normalized spacial score (nSPS) is 12.3. The van der Waals surface area contributed by atoms with Crippen LogP contribution in [0.1, 0.15) is 43.4 Å². The zero-order chi connectivity index (χ0) is 14.4. The van der Waals surface area contributed by atoms with Gasteiger partial charge in [0.15, 0.2) is 0 Å². The molecule has 0 aliphatic heterocycles. The van der Waals surface area contributed by atoms with Crippen LogP contribution in [0.3, 0.4) is 0 Å². The smallest absolute Gasteiger partial charge is 0.307 e. The van der Waals surface area contributed by atoms with Crippen LogP contribution >= 0.6 is 0 Å². The molecule has 1 aromatic carbocycles. The average molecular weight is 265 g/mol. The highest BCUT2D eigenvalue weighted by Gasteiger charge is 2.19. The zero-order valence-electron chi connectivity index (χ0n) is 12.3. The van der Waals surface area contributed by atoms with Gasteiger partial charge in [0.1, 0.15) is 5.75 Å². The van der Waals surface area contributed by atoms with Crippen LogP contribution in [0.2, 0.25) is 0 Å². The van der Waals surface area contributed by atoms with Gasteiger partial charge in [-0.05, 0) is 24.6 Å². The number of ether oxygens (including phenoxy) is 2. The largest absolute Gasteiger partial charge is 0.496 e. The molecule has 0 bridgehead atoms. The van der Waals surface area contributed by atoms with Gasteiger partial charge in [-0.25, -0.2) is 0 Å². The summed E-state index contributed by atoms with van der Waals surface area (Å²) >= 11 is 0. The minimum Gasteiger partial charge on any atom is -0.496 e. The molecule has 0 amide bonds. The summed E-state index contributed by atoms with van der Waals surface area (Å²) < 4.78 is 10.1. The number of carbonyl (C=O) groups is 1. The van der Waals surface area contributed by atoms with E-state index in [2.05, 4.69) is 31.3 Å². The van der Waals surface area contributed by atoms with Gasteiger partial charge in [-0.2, -0.15) is 0 Å². The van der Waals surface area contributed by atoms with Crippen LogP contribution in [0.4, 0.5) is 0 Å². The molecule has 0 radical (unpaired) electrons. The van der Waals surface area contributed by atoms with Crippen molar-refractivity contribution in [1.29, 1.82) is 0 Å². The van der Waals surface area contributed by atoms with E-state index in [1.165, 1.54) is 12.7 Å². The lowest BCUT2D eigenvalue weighted by atomic mass is 9.95. The zero-order valence-corrected chi connectivity index (χ0v) is 12.3. The minimum absolute atomic E-state index is 0.110. The van der Waals surface area contributed by atoms with E-state index in [1.807, 2.05) is 13.1 Å². The lowest BCUT2D eigenvalue weighted by molar-refractivity contribution is -0.141. The van der Waals surface area contributed by atoms with Crippen molar-refractivity contribution in [2.24, 2.45) is 0 Å². The quantitative estimate of drug-likeness (QED) is 0.803. The molecule has 1 N–H and O–H groups in total. The number of nitrogens with one attached hydrogen (secondary N) is 1. The first-order valence-corrected chi connectivity index (χ1v) is 6.45. The summed E-state index contributed by atoms with van der Waals surface area (Å²) in [6.07, 6.45) is 0.283. The molecule has 1 unspecified atom stereocenters. The predicted molar refractivity (Wildman–Crippen MR) is 75.5 cm³/mol. The Morgan fingerprint density at radius 3 is 2.47 bits per heavy atom. The molecule has 4 heteroatoms. The minimum atomic E-state index is -0.239. The Morgan fingerprint density at radius 1 is 1.32 bits per heavy atom. The highest BCUT2D eigenvalue weighted by Crippen LogP contribution is 2.30. The number of rotatable bonds is 6. The summed E-state index contributed by atoms with van der Waals surface area (Å²) in [5, 5.41) is 3.14. The fraction of sp³-hybridized carbons (Fsp3) is 0.533. The van der Waals surface area contributed by atoms with Gasteiger partial charge < -0.3 is 14.8 Å². The first-order valence-electron chi connectivity index (χ1n) is 6.45. The molecule has 0 saturated heterocycles. The Hall–Kier alpha value is -1.55. The monoisotopic (exact) mass is 265 g/mol. The lowest BCUT2D eigenvalue weighted by Gasteiger charge is -2.20. The molecule has 0 aliphatic carbocycles. The van der Waals surface area contributed by atoms with E-state index < -0.39 is 0 Å². The molecule has 19 heavy (non-hydrogen) atoms. The average Bonchev–Trinajstić information content (AvgIpc) is 2.43. The van der Waals surface area contributed by atoms with E-state index >= 15 is 0 Å². The maximum absolute atomic E-state index is 11.5. The maximum atomic E-state index is 11.5. The van der Waals surface area contributed by atoms with Crippen LogP contribution in [-0.4, -0.2) is 27.2 Å². The second-order valence-corrected chi connectivity index (χ2v) is 4.78. The molecule has 0 heterocycles. The molecule has 0 saturated carbocycles. The van der Waals surface area contributed by atoms with Gasteiger partial charge in [-0.15, -0.1) is 0 Å². The number of hydrogen-bond acceptors (Lipinski definition) is 4. The summed E-state index contributed by atoms with van der Waals surface area (Å²) in [5.74, 6) is 0.976. The second-order valence-electron chi connectivity index (χ2n) is 4.78. The Bertz CT molecular complexity index is 429. The SMILES string of the molecule is CNC(CC(=O)OC)c1cc(C(C)C)ccc1OC. The van der Waals surface area contributed by atoms with E-state index in [0.717, 1.165) is 11.3 Å². The Kier molecular flexibility index (Phi) is 5.83. The first kappa shape index (κ1) is 15.5. The molecule has 0 spiro atoms. The molecule has 4 nitrogen and oxygen atoms in total. The van der Waals surface area contributed by atoms with Crippen LogP contribution in [0, 0.1) is 0 Å². The van der Waals surface area contributed by atoms with E-state index in [9.17, 15) is 4.79 Å². The number of methoxy groups -OCH3 is 2. The Balaban J connectivity index is 3.12. The summed E-state index contributed by atoms with van der Waals surface area (Å²) in [4.78, 5) is 11.5. The Labute approximate surface area is 115 Å². The molecule has 1 aromatic rings. The summed E-state index contributed by atoms with van der Waals surface area (Å²) in [6, 6.07) is 5.98. The molecule has 0 aromatic heterocycles. The van der Waals surface area contributed by atoms with Crippen molar-refractivity contribution in [2.45, 2.75) is 32.2 Å². The van der Waals surface area contributed by atoms with E-state index in [4.69, 9.17) is 9.47 Å². The highest BCUT2D eigenvalue weighted by atomic mass is 16.5. The van der Waals surface area contributed by atoms with Gasteiger partial charge in [0.05, 0.1) is 20.6 Å². The standard InChI is InChI=1S/C15H23NO3/c1-10(2)11-6-7-14(18-4)12(8-11)13(16-3)9-15(17)19-5/h6-8,10,13,16H,9H2,1-5H3. The molecule has 106 valence electrons. The summed E-state index contributed by atoms with van der Waals surface area (Å²) in [7, 11) is 4.87. The van der Waals surface area contributed by atoms with Crippen molar-refractivity contribution < 1.29 is 14.3 Å². The van der Waals surface area contributed by atoms with Gasteiger partial charge in [0.2, 0.25) is 0 Å². The van der Waals surface area contributed by atoms with Crippen LogP contribution < -0.4 is 10.1 Å². The van der Waals surface area contributed by atoms with Gasteiger partial charge >= 0.3 is 5.97 Å². The third-order valence-electron chi connectivity index (χ3n) is 3.24. The molecular weight excluding hydrogens is 242 g/mol. The number of carbonyl (C=O) groups excluding carboxylic acids is 1. The highest BCUT2D eigenvalue weighted by molar-refractivity contribution is 5.70. The number of hydrogen-bond donors (Lipinski definition) is 1. The fourth-order valence-electron chi connectivity index (χ4n) is 2.00. The van der Waals surface area contributed by atoms with E-state index in [1.54, 1.807) is 7.11 Å². The van der Waals surface area contributed by atoms with E-state index in [0.29, 0.717) is 5.92 Å². The molecule has 1 atom stereocenters. The number of esters is 1. The molecule has 0 aliphatic rings. The van der Waals surface area contributed by atoms with Crippen LogP contribution in [0.15, 0.2) is 18.2 Å². The first-order chi connectivity index (χ1) is 9.03. The molecule has 0 fully saturated rings. The van der Waals surface area contributed by atoms with E-state index in [-0.39, 0.29) is 18.4 Å². The van der Waals surface area contributed by atoms with Crippen LogP contribution in [-0.2, 0) is 9.53 Å². The molecule has 1 rings (SSSR count). The fourth-order valence-corrected chi connectivity index (χ4v) is 2.00. The van der Waals surface area contributed by atoms with Crippen molar-refractivity contribution in [3.05, 3.63) is 29.3 Å². The summed E-state index contributed by atoms with van der Waals surface area (Å²) in [6.45, 7) is 4.28. The van der Waals surface area contributed by atoms with Crippen LogP contribution in [0.5, 0.6) is 5.75 Å². The summed E-state index contributed by atoms with van der Waals surface area (Å²) in [5.41, 5.74) is 2.21. The van der Waals surface area contributed by atoms with Crippen molar-refractivity contribution in [1.82, 2.24) is 5.32 Å². The maximum Gasteiger partial charge on any atom is 0.307 e. The topological polar surface area (TPSA) is 47.6 Å². The lowest BCUT2D eigenvalue weighted by Crippen LogP contribution is -2.21. The van der Waals surface area contributed by atoms with Crippen molar-refractivity contribution in [3.63, 3.8) is 0 Å². The van der Waals surface area contributed by atoms with Crippen LogP contribution in [0.25, 0.3) is 0 Å². The van der Waals surface area contributed by atoms with Gasteiger partial charge in [-0.3, -0.25) is 4.79 Å². The van der Waals surface area contributed by atoms with Crippen molar-refractivity contribution >= 4 is 5.97 Å². The third-order valence-corrected chi connectivity index (χ3v) is 3.24. The van der Waals surface area contributed by atoms with Gasteiger partial charge in [0.25, 0.3) is 0 Å². The van der Waals surface area contributed by atoms with Crippen molar-refractivity contribution in [3.8, 4) is 5.75 Å². The van der Waals surface area contributed by atoms with Gasteiger partial charge in [-0.1, -0.05) is 26.0 Å². The number of benzene rings is 1. The molecular formula is C15H23NO3.